The lowest BCUT2D eigenvalue weighted by Gasteiger charge is -2.36. The molecule has 2 aromatic heterocycles. The molecule has 3 aliphatic rings. The monoisotopic (exact) mass is 1840 g/mol. The average Bonchev–Trinajstić information content (AvgIpc) is 1.67. The number of amides is 16. The molecular weight excluding hydrogens is 1720 g/mol. The fourth-order valence-corrected chi connectivity index (χ4v) is 17.0. The third-order valence-electron chi connectivity index (χ3n) is 23.5. The zero-order valence-electron chi connectivity index (χ0n) is 75.1. The minimum Gasteiger partial charge on any atom is -0.508 e. The Bertz CT molecular complexity index is 4910. The van der Waals surface area contributed by atoms with Gasteiger partial charge in [0.1, 0.15) is 90.3 Å². The molecule has 0 radical (unpaired) electrons. The summed E-state index contributed by atoms with van der Waals surface area (Å²) in [5.41, 5.74) is 19.9. The number of aliphatic carboxylic acids is 1. The number of unbranched alkanes of at least 4 members (excludes halogenated alkanes) is 2. The number of rotatable bonds is 25. The van der Waals surface area contributed by atoms with Crippen LogP contribution in [0.15, 0.2) is 85.2 Å². The lowest BCUT2D eigenvalue weighted by Crippen LogP contribution is -2.62. The van der Waals surface area contributed by atoms with E-state index in [0.717, 1.165) is 31.4 Å². The quantitative estimate of drug-likeness (QED) is 0.0166. The smallest absolute Gasteiger partial charge is 0.305 e. The molecule has 714 valence electrons. The number of carboxylic acids is 1. The van der Waals surface area contributed by atoms with Crippen LogP contribution in [0.4, 0.5) is 0 Å². The average molecular weight is 1840 g/mol. The van der Waals surface area contributed by atoms with Crippen LogP contribution in [0.25, 0.3) is 21.8 Å². The number of primary amides is 1. The minimum absolute atomic E-state index is 0.00272. The van der Waals surface area contributed by atoms with E-state index in [1.807, 2.05) is 13.8 Å². The number of hydrogen-bond donors (Lipinski definition) is 20. The number of nitrogens with two attached hydrogens (primary N) is 3. The molecule has 131 heavy (non-hydrogen) atoms. The first-order valence-electron chi connectivity index (χ1n) is 44.1. The first-order chi connectivity index (χ1) is 62.4. The summed E-state index contributed by atoms with van der Waals surface area (Å²) in [6, 6.07) is -1.76. The van der Waals surface area contributed by atoms with Gasteiger partial charge in [0.05, 0.1) is 25.3 Å². The number of carbonyl (C=O) groups is 17. The van der Waals surface area contributed by atoms with E-state index in [4.69, 9.17) is 22.6 Å². The van der Waals surface area contributed by atoms with Crippen LogP contribution in [0, 0.1) is 11.3 Å². The van der Waals surface area contributed by atoms with Crippen LogP contribution in [0.5, 0.6) is 5.75 Å². The predicted molar refractivity (Wildman–Crippen MR) is 484 cm³/mol. The zero-order chi connectivity index (χ0) is 96.0. The van der Waals surface area contributed by atoms with Crippen molar-refractivity contribution in [3.63, 3.8) is 0 Å². The normalized spacial score (nSPS) is 24.6. The van der Waals surface area contributed by atoms with E-state index in [-0.39, 0.29) is 108 Å². The maximum atomic E-state index is 15.7. The molecule has 0 bridgehead atoms. The number of benzene rings is 3. The van der Waals surface area contributed by atoms with Crippen molar-refractivity contribution in [2.75, 3.05) is 72.0 Å². The molecule has 16 amide bonds. The van der Waals surface area contributed by atoms with Gasteiger partial charge in [0.15, 0.2) is 5.96 Å². The van der Waals surface area contributed by atoms with Gasteiger partial charge in [-0.15, -0.1) is 11.8 Å². The molecule has 42 nitrogen and oxygen atoms in total. The van der Waals surface area contributed by atoms with Crippen LogP contribution in [0.2, 0.25) is 0 Å². The van der Waals surface area contributed by atoms with Gasteiger partial charge in [-0.3, -0.25) is 86.9 Å². The molecule has 43 heteroatoms. The Balaban J connectivity index is 1.18. The number of H-pyrrole nitrogens is 2. The summed E-state index contributed by atoms with van der Waals surface area (Å²) in [4.78, 5) is 260. The number of aliphatic hydroxyl groups excluding tert-OH is 1. The zero-order valence-corrected chi connectivity index (χ0v) is 75.9. The Morgan fingerprint density at radius 2 is 1.02 bits per heavy atom. The second kappa shape index (κ2) is 49.7. The van der Waals surface area contributed by atoms with Gasteiger partial charge >= 0.3 is 5.97 Å². The van der Waals surface area contributed by atoms with Crippen molar-refractivity contribution < 1.29 is 96.8 Å². The molecular formula is C88H126N22O20S. The number of aromatic hydroxyl groups is 1. The number of aromatic nitrogens is 2. The number of nitrogens with zero attached hydrogens (tertiary/aromatic N) is 5. The topological polar surface area (TPSA) is 633 Å². The molecule has 3 fully saturated rings. The van der Waals surface area contributed by atoms with Gasteiger partial charge in [-0.2, -0.15) is 0 Å². The van der Waals surface area contributed by atoms with Gasteiger partial charge < -0.3 is 125 Å². The Labute approximate surface area is 762 Å². The van der Waals surface area contributed by atoms with Crippen molar-refractivity contribution in [1.29, 1.82) is 5.41 Å². The predicted octanol–water partition coefficient (Wildman–Crippen LogP) is -2.31. The van der Waals surface area contributed by atoms with E-state index < -0.39 is 229 Å². The highest BCUT2D eigenvalue weighted by Gasteiger charge is 2.45. The third-order valence-corrected chi connectivity index (χ3v) is 24.6. The van der Waals surface area contributed by atoms with E-state index >= 15 is 33.6 Å². The highest BCUT2D eigenvalue weighted by Crippen LogP contribution is 2.28. The van der Waals surface area contributed by atoms with E-state index in [2.05, 4.69) is 68.5 Å². The highest BCUT2D eigenvalue weighted by molar-refractivity contribution is 8.00. The lowest BCUT2D eigenvalue weighted by atomic mass is 10.00. The Kier molecular flexibility index (Phi) is 39.3. The van der Waals surface area contributed by atoms with E-state index in [1.54, 1.807) is 74.8 Å². The number of nitrogens with one attached hydrogen (secondary N) is 14. The van der Waals surface area contributed by atoms with Crippen molar-refractivity contribution in [3.8, 4) is 5.75 Å². The molecule has 5 heterocycles. The van der Waals surface area contributed by atoms with Crippen LogP contribution < -0.4 is 75.7 Å². The summed E-state index contributed by atoms with van der Waals surface area (Å²) in [5.74, 6) is -18.2. The van der Waals surface area contributed by atoms with Crippen molar-refractivity contribution in [1.82, 2.24) is 93.0 Å². The highest BCUT2D eigenvalue weighted by atomic mass is 32.2. The first-order valence-corrected chi connectivity index (χ1v) is 45.3. The molecule has 3 saturated heterocycles. The molecule has 8 rings (SSSR count). The number of thioether (sulfide) groups is 1. The summed E-state index contributed by atoms with van der Waals surface area (Å²) >= 11 is 0.772. The summed E-state index contributed by atoms with van der Waals surface area (Å²) in [7, 11) is 3.94. The second-order valence-corrected chi connectivity index (χ2v) is 34.7. The van der Waals surface area contributed by atoms with Crippen molar-refractivity contribution in [3.05, 3.63) is 102 Å². The molecule has 3 aromatic carbocycles. The van der Waals surface area contributed by atoms with Crippen molar-refractivity contribution in [2.24, 2.45) is 23.1 Å². The van der Waals surface area contributed by atoms with Crippen molar-refractivity contribution in [2.45, 2.75) is 228 Å². The maximum absolute atomic E-state index is 15.7. The van der Waals surface area contributed by atoms with E-state index in [0.29, 0.717) is 64.2 Å². The number of carbonyl (C=O) groups excluding carboxylic acids is 16. The number of para-hydroxylation sites is 2. The number of likely N-dealkylation sites (N-methyl/N-ethyl adjacent to an activating group) is 3. The Morgan fingerprint density at radius 1 is 0.534 bits per heavy atom. The number of guanidine groups is 1. The molecule has 0 spiro atoms. The largest absolute Gasteiger partial charge is 0.508 e. The number of hydrogen-bond acceptors (Lipinski definition) is 22. The number of carboxylic acid groups (broad SMARTS) is 1. The summed E-state index contributed by atoms with van der Waals surface area (Å²) in [6.07, 6.45) is 3.26. The standard InChI is InChI=1S/C88H126N22O20S/c1-9-11-25-67-80(123)98-58(24-17-33-93-88(91)92)76(119)105-66(75(118)96-44-71(90)113)46-131-47-72(114)97-62(37-50-29-31-53(112)32-30-50)83(126)106(6)49(5)74(117)103-64(41-89)86(129)110-35-19-28-69(110)82(125)100-60(40-73(115)116)78(121)101-61(36-48(3)4)85(128)109-34-18-27-68(109)81(124)99-59(38-51-42-94-56-22-15-13-20-54(51)56)77(120)104-65(45-111)79(122)102-63(39-52-43-95-57-23-16-14-21-55(52)57)84(127)108(8)70(26-12-10-2)87(130)107(67)7/h13-16,20-23,29-32,42-43,48-49,58-70,94-95,111-112H,9-12,17-19,24-28,33-41,44-47,89H2,1-8H3,(H2,90,113)(H,96,118)(H,97,114)(H,98,123)(H,99,124)(H,100,125)(H,101,121)(H,102,122)(H,103,117)(H,104,120)(H,105,119)(H,115,116)(H4,91,92,93)/t49-,58-,59-,60-,61-,62-,63-,64-,65-,66-,67-,68-,69-,70-/m0/s1. The first kappa shape index (κ1) is 103. The van der Waals surface area contributed by atoms with Gasteiger partial charge in [0, 0.05) is 107 Å². The summed E-state index contributed by atoms with van der Waals surface area (Å²) in [5, 5.41) is 69.5. The van der Waals surface area contributed by atoms with Crippen LogP contribution in [0.1, 0.15) is 141 Å². The molecule has 14 atom stereocenters. The SMILES string of the molecule is CCCC[C@H]1C(=O)N(C)[C@@H](CCCC)C(=O)N[C@@H](CCCNC(=N)N)C(=O)N[C@H](C(=O)NCC(N)=O)CSCC(=O)N[C@@H](Cc2ccc(O)cc2)C(=O)N(C)[C@@H](C)C(=O)N[C@@H](CN)C(=O)N2CCC[C@H]2C(=O)N[C@@H](CC(=O)O)C(=O)N[C@@H](CC(C)C)C(=O)N2CCC[C@H]2C(=O)N[C@@H](Cc2c[nH]c3ccccc23)C(=O)N[C@@H](CO)C(=O)N[C@@H](Cc2c[nH]c3ccccc23)C(=O)N1C. The number of phenolic OH excluding ortho intramolecular Hbond substituents is 1. The summed E-state index contributed by atoms with van der Waals surface area (Å²) < 4.78 is 0. The molecule has 0 saturated carbocycles. The number of fused-ring (bicyclic) bond motifs is 4. The van der Waals surface area contributed by atoms with Crippen molar-refractivity contribution >= 4 is 140 Å². The fourth-order valence-electron chi connectivity index (χ4n) is 16.2. The van der Waals surface area contributed by atoms with Crippen LogP contribution in [-0.2, 0) is 101 Å². The molecule has 3 aliphatic heterocycles. The van der Waals surface area contributed by atoms with E-state index in [1.165, 1.54) is 57.2 Å². The van der Waals surface area contributed by atoms with E-state index in [9.17, 15) is 63.3 Å². The van der Waals surface area contributed by atoms with Crippen LogP contribution in [0.3, 0.4) is 0 Å². The third kappa shape index (κ3) is 29.0. The van der Waals surface area contributed by atoms with Gasteiger partial charge in [0.25, 0.3) is 0 Å². The minimum atomic E-state index is -1.89. The van der Waals surface area contributed by atoms with Crippen LogP contribution >= 0.6 is 11.8 Å². The van der Waals surface area contributed by atoms with Gasteiger partial charge in [-0.05, 0) is 112 Å². The fraction of sp³-hybridized carbons (Fsp3) is 0.545. The second-order valence-electron chi connectivity index (χ2n) is 33.7. The number of aromatic amines is 2. The Morgan fingerprint density at radius 3 is 1.58 bits per heavy atom. The molecule has 0 unspecified atom stereocenters. The van der Waals surface area contributed by atoms with Gasteiger partial charge in [0.2, 0.25) is 94.5 Å². The molecule has 0 aliphatic carbocycles. The Hall–Kier alpha value is -12.9. The molecule has 5 aromatic rings. The van der Waals surface area contributed by atoms with Gasteiger partial charge in [-0.25, -0.2) is 0 Å². The van der Waals surface area contributed by atoms with Crippen LogP contribution in [-0.4, -0.2) is 313 Å². The summed E-state index contributed by atoms with van der Waals surface area (Å²) in [6.45, 7) is 5.94. The number of phenols is 1. The lowest BCUT2D eigenvalue weighted by molar-refractivity contribution is -0.149. The maximum Gasteiger partial charge on any atom is 0.305 e. The van der Waals surface area contributed by atoms with Gasteiger partial charge in [-0.1, -0.05) is 102 Å². The number of aliphatic hydroxyl groups is 1. The molecule has 23 N–H and O–H groups in total.